The second-order valence-corrected chi connectivity index (χ2v) is 5.93. The van der Waals surface area contributed by atoms with Crippen molar-refractivity contribution in [2.45, 2.75) is 38.5 Å². The molecule has 7 heteroatoms. The number of methoxy groups -OCH3 is 1. The van der Waals surface area contributed by atoms with E-state index in [1.54, 1.807) is 13.8 Å². The van der Waals surface area contributed by atoms with E-state index in [1.165, 1.54) is 12.0 Å². The number of hydrogen-bond acceptors (Lipinski definition) is 5. The number of ether oxygens (including phenoxy) is 2. The molecule has 1 fully saturated rings. The van der Waals surface area contributed by atoms with E-state index in [0.717, 1.165) is 5.56 Å². The molecule has 130 valence electrons. The fourth-order valence-electron chi connectivity index (χ4n) is 2.58. The number of carbonyl (C=O) groups is 3. The summed E-state index contributed by atoms with van der Waals surface area (Å²) >= 11 is 0. The molecular weight excluding hydrogens is 312 g/mol. The lowest BCUT2D eigenvalue weighted by Crippen LogP contribution is -2.67. The molecule has 1 heterocycles. The molecule has 2 atom stereocenters. The van der Waals surface area contributed by atoms with Gasteiger partial charge in [-0.15, -0.1) is 0 Å². The normalized spacial score (nSPS) is 20.5. The van der Waals surface area contributed by atoms with Crippen LogP contribution in [0.25, 0.3) is 0 Å². The molecule has 2 rings (SSSR count). The fraction of sp³-hybridized carbons (Fsp3) is 0.471. The molecule has 0 aliphatic carbocycles. The maximum atomic E-state index is 12.4. The summed E-state index contributed by atoms with van der Waals surface area (Å²) in [5.74, 6) is -0.799. The van der Waals surface area contributed by atoms with E-state index in [2.05, 4.69) is 5.32 Å². The van der Waals surface area contributed by atoms with E-state index < -0.39 is 23.6 Å². The van der Waals surface area contributed by atoms with Crippen LogP contribution in [0.2, 0.25) is 0 Å². The first kappa shape index (κ1) is 17.8. The van der Waals surface area contributed by atoms with E-state index in [9.17, 15) is 14.4 Å². The zero-order chi connectivity index (χ0) is 17.7. The zero-order valence-electron chi connectivity index (χ0n) is 14.1. The monoisotopic (exact) mass is 334 g/mol. The van der Waals surface area contributed by atoms with E-state index >= 15 is 0 Å². The summed E-state index contributed by atoms with van der Waals surface area (Å²) in [7, 11) is 1.29. The summed E-state index contributed by atoms with van der Waals surface area (Å²) in [6.45, 7) is 3.79. The van der Waals surface area contributed by atoms with Crippen LogP contribution in [-0.2, 0) is 25.7 Å². The predicted molar refractivity (Wildman–Crippen MR) is 86.0 cm³/mol. The third-order valence-electron chi connectivity index (χ3n) is 4.23. The van der Waals surface area contributed by atoms with Crippen molar-refractivity contribution >= 4 is 18.0 Å². The molecule has 1 saturated heterocycles. The first-order chi connectivity index (χ1) is 11.4. The van der Waals surface area contributed by atoms with E-state index in [4.69, 9.17) is 9.47 Å². The number of likely N-dealkylation sites (tertiary alicyclic amines) is 1. The SMILES string of the molecule is COC(=O)[C@]1(C)CCN1C(=O)[C@H](C)NC(=O)OCc1ccccc1. The Bertz CT molecular complexity index is 619. The van der Waals surface area contributed by atoms with Crippen LogP contribution in [0.5, 0.6) is 0 Å². The number of esters is 1. The van der Waals surface area contributed by atoms with E-state index in [1.807, 2.05) is 30.3 Å². The fourth-order valence-corrected chi connectivity index (χ4v) is 2.58. The molecule has 0 aromatic heterocycles. The quantitative estimate of drug-likeness (QED) is 0.824. The molecule has 7 nitrogen and oxygen atoms in total. The highest BCUT2D eigenvalue weighted by Gasteiger charge is 2.51. The van der Waals surface area contributed by atoms with Gasteiger partial charge < -0.3 is 19.7 Å². The van der Waals surface area contributed by atoms with Gasteiger partial charge in [0.25, 0.3) is 0 Å². The summed E-state index contributed by atoms with van der Waals surface area (Å²) in [4.78, 5) is 37.5. The Balaban J connectivity index is 1.85. The highest BCUT2D eigenvalue weighted by molar-refractivity contribution is 5.93. The second kappa shape index (κ2) is 7.33. The molecule has 0 bridgehead atoms. The van der Waals surface area contributed by atoms with Crippen LogP contribution in [0.3, 0.4) is 0 Å². The highest BCUT2D eigenvalue weighted by Crippen LogP contribution is 2.32. The number of nitrogens with zero attached hydrogens (tertiary/aromatic N) is 1. The van der Waals surface area contributed by atoms with Crippen molar-refractivity contribution in [2.75, 3.05) is 13.7 Å². The molecule has 1 N–H and O–H groups in total. The molecule has 24 heavy (non-hydrogen) atoms. The van der Waals surface area contributed by atoms with Gasteiger partial charge in [-0.05, 0) is 25.8 Å². The van der Waals surface area contributed by atoms with Crippen molar-refractivity contribution in [1.82, 2.24) is 10.2 Å². The first-order valence-corrected chi connectivity index (χ1v) is 7.75. The number of nitrogens with one attached hydrogen (secondary N) is 1. The molecule has 1 aliphatic rings. The minimum Gasteiger partial charge on any atom is -0.467 e. The van der Waals surface area contributed by atoms with Gasteiger partial charge in [-0.2, -0.15) is 0 Å². The topological polar surface area (TPSA) is 84.9 Å². The van der Waals surface area contributed by atoms with Crippen LogP contribution < -0.4 is 5.32 Å². The lowest BCUT2D eigenvalue weighted by atomic mass is 9.86. The van der Waals surface area contributed by atoms with Gasteiger partial charge in [0.15, 0.2) is 0 Å². The van der Waals surface area contributed by atoms with Gasteiger partial charge in [-0.3, -0.25) is 4.79 Å². The Hall–Kier alpha value is -2.57. The van der Waals surface area contributed by atoms with Crippen LogP contribution >= 0.6 is 0 Å². The van der Waals surface area contributed by atoms with Gasteiger partial charge in [0.1, 0.15) is 18.2 Å². The Morgan fingerprint density at radius 1 is 1.29 bits per heavy atom. The maximum Gasteiger partial charge on any atom is 0.408 e. The number of carbonyl (C=O) groups excluding carboxylic acids is 3. The van der Waals surface area contributed by atoms with Crippen LogP contribution in [0.15, 0.2) is 30.3 Å². The third kappa shape index (κ3) is 3.67. The van der Waals surface area contributed by atoms with Crippen molar-refractivity contribution in [1.29, 1.82) is 0 Å². The van der Waals surface area contributed by atoms with Crippen molar-refractivity contribution in [3.63, 3.8) is 0 Å². The molecule has 2 amide bonds. The molecule has 0 saturated carbocycles. The van der Waals surface area contributed by atoms with Crippen LogP contribution in [-0.4, -0.2) is 48.1 Å². The molecule has 0 radical (unpaired) electrons. The molecular formula is C17H22N2O5. The van der Waals surface area contributed by atoms with Crippen molar-refractivity contribution in [2.24, 2.45) is 0 Å². The molecule has 0 spiro atoms. The number of alkyl carbamates (subject to hydrolysis) is 1. The average molecular weight is 334 g/mol. The summed E-state index contributed by atoms with van der Waals surface area (Å²) in [6.07, 6.45) is -0.142. The van der Waals surface area contributed by atoms with Gasteiger partial charge in [0, 0.05) is 6.54 Å². The summed E-state index contributed by atoms with van der Waals surface area (Å²) in [5, 5.41) is 2.49. The third-order valence-corrected chi connectivity index (χ3v) is 4.23. The van der Waals surface area contributed by atoms with E-state index in [0.29, 0.717) is 13.0 Å². The number of amides is 2. The zero-order valence-corrected chi connectivity index (χ0v) is 14.1. The summed E-state index contributed by atoms with van der Waals surface area (Å²) in [6, 6.07) is 8.45. The minimum atomic E-state index is -0.963. The molecule has 1 aliphatic heterocycles. The predicted octanol–water partition coefficient (Wildman–Crippen LogP) is 1.47. The number of rotatable bonds is 5. The van der Waals surface area contributed by atoms with Crippen LogP contribution in [0, 0.1) is 0 Å². The molecule has 0 unspecified atom stereocenters. The summed E-state index contributed by atoms with van der Waals surface area (Å²) < 4.78 is 9.83. The second-order valence-electron chi connectivity index (χ2n) is 5.93. The standard InChI is InChI=1S/C17H22N2O5/c1-12(14(20)19-10-9-17(19,2)15(21)23-3)18-16(22)24-11-13-7-5-4-6-8-13/h4-8,12H,9-11H2,1-3H3,(H,18,22)/t12-,17-/m0/s1. The van der Waals surface area contributed by atoms with Gasteiger partial charge in [-0.1, -0.05) is 30.3 Å². The van der Waals surface area contributed by atoms with Gasteiger partial charge in [-0.25, -0.2) is 9.59 Å². The minimum absolute atomic E-state index is 0.122. The van der Waals surface area contributed by atoms with Crippen molar-refractivity contribution < 1.29 is 23.9 Å². The number of benzene rings is 1. The molecule has 1 aromatic carbocycles. The first-order valence-electron chi connectivity index (χ1n) is 7.75. The van der Waals surface area contributed by atoms with Crippen molar-refractivity contribution in [3.05, 3.63) is 35.9 Å². The lowest BCUT2D eigenvalue weighted by Gasteiger charge is -2.48. The van der Waals surface area contributed by atoms with E-state index in [-0.39, 0.29) is 12.5 Å². The maximum absolute atomic E-state index is 12.4. The van der Waals surface area contributed by atoms with Gasteiger partial charge in [0.05, 0.1) is 7.11 Å². The average Bonchev–Trinajstić information content (AvgIpc) is 2.58. The largest absolute Gasteiger partial charge is 0.467 e. The smallest absolute Gasteiger partial charge is 0.408 e. The van der Waals surface area contributed by atoms with Gasteiger partial charge in [0.2, 0.25) is 5.91 Å². The molecule has 1 aromatic rings. The Morgan fingerprint density at radius 3 is 2.50 bits per heavy atom. The Kier molecular flexibility index (Phi) is 5.43. The Labute approximate surface area is 140 Å². The van der Waals surface area contributed by atoms with Crippen LogP contribution in [0.4, 0.5) is 4.79 Å². The lowest BCUT2D eigenvalue weighted by molar-refractivity contribution is -0.172. The highest BCUT2D eigenvalue weighted by atomic mass is 16.5. The number of hydrogen-bond donors (Lipinski definition) is 1. The Morgan fingerprint density at radius 2 is 1.96 bits per heavy atom. The van der Waals surface area contributed by atoms with Crippen LogP contribution in [0.1, 0.15) is 25.8 Å². The summed E-state index contributed by atoms with van der Waals surface area (Å²) in [5.41, 5.74) is -0.108. The van der Waals surface area contributed by atoms with Gasteiger partial charge >= 0.3 is 12.1 Å². The van der Waals surface area contributed by atoms with Crippen molar-refractivity contribution in [3.8, 4) is 0 Å².